The SMILES string of the molecule is CC(C)(C)[N+]1(C(=O)[O-])CCC(=O)C(=CO)CC1. The van der Waals surface area contributed by atoms with Crippen LogP contribution < -0.4 is 5.11 Å². The summed E-state index contributed by atoms with van der Waals surface area (Å²) >= 11 is 0. The highest BCUT2D eigenvalue weighted by Gasteiger charge is 2.44. The molecule has 0 aromatic rings. The highest BCUT2D eigenvalue weighted by Crippen LogP contribution is 2.29. The average molecular weight is 241 g/mol. The smallest absolute Gasteiger partial charge is 0.257 e. The van der Waals surface area contributed by atoms with E-state index in [-0.39, 0.29) is 36.2 Å². The molecule has 5 nitrogen and oxygen atoms in total. The number of hydrogen-bond acceptors (Lipinski definition) is 4. The minimum Gasteiger partial charge on any atom is -0.515 e. The fourth-order valence-corrected chi connectivity index (χ4v) is 2.28. The maximum atomic E-state index is 11.6. The lowest BCUT2D eigenvalue weighted by Gasteiger charge is -2.47. The minimum absolute atomic E-state index is 0.123. The topological polar surface area (TPSA) is 77.4 Å². The molecular formula is C12H19NO4. The fourth-order valence-electron chi connectivity index (χ4n) is 2.28. The Balaban J connectivity index is 3.12. The highest BCUT2D eigenvalue weighted by atomic mass is 16.4. The van der Waals surface area contributed by atoms with E-state index in [1.165, 1.54) is 0 Å². The molecule has 1 aliphatic rings. The van der Waals surface area contributed by atoms with Crippen molar-refractivity contribution >= 4 is 11.9 Å². The number of aliphatic hydroxyl groups is 1. The second-order valence-electron chi connectivity index (χ2n) is 5.43. The molecule has 0 aromatic carbocycles. The summed E-state index contributed by atoms with van der Waals surface area (Å²) in [4.78, 5) is 23.1. The number of carbonyl (C=O) groups is 2. The van der Waals surface area contributed by atoms with Crippen LogP contribution in [-0.4, -0.2) is 40.1 Å². The lowest BCUT2D eigenvalue weighted by atomic mass is 10.0. The van der Waals surface area contributed by atoms with Crippen molar-refractivity contribution in [1.82, 2.24) is 0 Å². The predicted octanol–water partition coefficient (Wildman–Crippen LogP) is 0.750. The van der Waals surface area contributed by atoms with E-state index in [2.05, 4.69) is 0 Å². The standard InChI is InChI=1S/C12H19NO4/c1-12(2,3)13(11(16)17)6-4-9(8-14)10(15)5-7-13/h8H,4-7H2,1-3H3,(H-,14,15,16,17). The molecular weight excluding hydrogens is 222 g/mol. The maximum Gasteiger partial charge on any atom is 0.257 e. The van der Waals surface area contributed by atoms with Crippen LogP contribution in [0.3, 0.4) is 0 Å². The van der Waals surface area contributed by atoms with Crippen molar-refractivity contribution in [2.45, 2.75) is 39.2 Å². The summed E-state index contributed by atoms with van der Waals surface area (Å²) in [5.41, 5.74) is -0.236. The summed E-state index contributed by atoms with van der Waals surface area (Å²) in [7, 11) is 0. The number of Topliss-reactive ketones (excluding diaryl/α,β-unsaturated/α-hetero) is 1. The van der Waals surface area contributed by atoms with Gasteiger partial charge in [-0.15, -0.1) is 0 Å². The van der Waals surface area contributed by atoms with Gasteiger partial charge in [0, 0.05) is 12.0 Å². The van der Waals surface area contributed by atoms with Crippen molar-refractivity contribution < 1.29 is 24.3 Å². The normalized spacial score (nSPS) is 29.1. The Bertz CT molecular complexity index is 367. The van der Waals surface area contributed by atoms with Gasteiger partial charge >= 0.3 is 0 Å². The molecule has 17 heavy (non-hydrogen) atoms. The number of aliphatic hydroxyl groups excluding tert-OH is 1. The lowest BCUT2D eigenvalue weighted by molar-refractivity contribution is -0.918. The van der Waals surface area contributed by atoms with Gasteiger partial charge in [0.05, 0.1) is 31.3 Å². The van der Waals surface area contributed by atoms with Crippen LogP contribution in [0, 0.1) is 0 Å². The molecule has 1 amide bonds. The van der Waals surface area contributed by atoms with E-state index in [9.17, 15) is 14.7 Å². The lowest BCUT2D eigenvalue weighted by Crippen LogP contribution is -2.68. The number of carbonyl (C=O) groups excluding carboxylic acids is 2. The van der Waals surface area contributed by atoms with Crippen LogP contribution >= 0.6 is 0 Å². The summed E-state index contributed by atoms with van der Waals surface area (Å²) in [5, 5.41) is 20.4. The van der Waals surface area contributed by atoms with Crippen LogP contribution in [0.25, 0.3) is 0 Å². The van der Waals surface area contributed by atoms with Gasteiger partial charge in [0.1, 0.15) is 0 Å². The number of nitrogens with zero attached hydrogens (tertiary/aromatic N) is 1. The van der Waals surface area contributed by atoms with Crippen molar-refractivity contribution in [3.63, 3.8) is 0 Å². The van der Waals surface area contributed by atoms with E-state index in [1.54, 1.807) is 0 Å². The van der Waals surface area contributed by atoms with Crippen molar-refractivity contribution in [2.75, 3.05) is 13.1 Å². The third-order valence-corrected chi connectivity index (χ3v) is 3.63. The second kappa shape index (κ2) is 4.49. The Labute approximate surface area is 101 Å². The van der Waals surface area contributed by atoms with Crippen molar-refractivity contribution in [3.05, 3.63) is 11.8 Å². The van der Waals surface area contributed by atoms with Gasteiger partial charge < -0.3 is 15.0 Å². The first-order chi connectivity index (χ1) is 7.74. The molecule has 1 unspecified atom stereocenters. The zero-order valence-electron chi connectivity index (χ0n) is 10.5. The monoisotopic (exact) mass is 241 g/mol. The summed E-state index contributed by atoms with van der Waals surface area (Å²) in [6.45, 7) is 5.94. The zero-order chi connectivity index (χ0) is 13.3. The molecule has 96 valence electrons. The first-order valence-electron chi connectivity index (χ1n) is 5.70. The molecule has 1 fully saturated rings. The molecule has 0 radical (unpaired) electrons. The van der Waals surface area contributed by atoms with Crippen molar-refractivity contribution in [2.24, 2.45) is 0 Å². The van der Waals surface area contributed by atoms with E-state index < -0.39 is 11.6 Å². The molecule has 1 saturated heterocycles. The Morgan fingerprint density at radius 2 is 1.88 bits per heavy atom. The van der Waals surface area contributed by atoms with Crippen LogP contribution in [-0.2, 0) is 4.79 Å². The molecule has 0 aromatic heterocycles. The van der Waals surface area contributed by atoms with Gasteiger partial charge in [-0.1, -0.05) is 0 Å². The van der Waals surface area contributed by atoms with E-state index in [0.717, 1.165) is 6.26 Å². The average Bonchev–Trinajstić information content (AvgIpc) is 2.37. The van der Waals surface area contributed by atoms with Crippen LogP contribution in [0.4, 0.5) is 4.79 Å². The quantitative estimate of drug-likeness (QED) is 0.385. The zero-order valence-corrected chi connectivity index (χ0v) is 10.5. The first kappa shape index (κ1) is 13.7. The molecule has 1 rings (SSSR count). The third-order valence-electron chi connectivity index (χ3n) is 3.63. The molecule has 1 N–H and O–H groups in total. The largest absolute Gasteiger partial charge is 0.515 e. The van der Waals surface area contributed by atoms with E-state index in [1.807, 2.05) is 20.8 Å². The fraction of sp³-hybridized carbons (Fsp3) is 0.667. The summed E-state index contributed by atoms with van der Waals surface area (Å²) in [5.74, 6) is -0.182. The van der Waals surface area contributed by atoms with Crippen LogP contribution in [0.15, 0.2) is 11.8 Å². The van der Waals surface area contributed by atoms with Crippen LogP contribution in [0.2, 0.25) is 0 Å². The Hall–Kier alpha value is -1.36. The number of hydrogen-bond donors (Lipinski definition) is 1. The molecule has 1 aliphatic heterocycles. The second-order valence-corrected chi connectivity index (χ2v) is 5.43. The number of likely N-dealkylation sites (tertiary alicyclic amines) is 1. The first-order valence-corrected chi connectivity index (χ1v) is 5.70. The number of rotatable bonds is 0. The minimum atomic E-state index is -1.16. The van der Waals surface area contributed by atoms with Crippen molar-refractivity contribution in [1.29, 1.82) is 0 Å². The number of amides is 1. The maximum absolute atomic E-state index is 11.6. The van der Waals surface area contributed by atoms with Gasteiger partial charge in [-0.3, -0.25) is 9.28 Å². The Kier molecular flexibility index (Phi) is 3.62. The molecule has 5 heteroatoms. The molecule has 1 heterocycles. The van der Waals surface area contributed by atoms with Crippen LogP contribution in [0.1, 0.15) is 33.6 Å². The van der Waals surface area contributed by atoms with Crippen molar-refractivity contribution in [3.8, 4) is 0 Å². The summed E-state index contributed by atoms with van der Waals surface area (Å²) in [6.07, 6.45) is 0.0166. The third kappa shape index (κ3) is 2.34. The van der Waals surface area contributed by atoms with E-state index in [4.69, 9.17) is 5.11 Å². The van der Waals surface area contributed by atoms with Gasteiger partial charge in [-0.05, 0) is 20.8 Å². The Morgan fingerprint density at radius 3 is 2.29 bits per heavy atom. The summed E-state index contributed by atoms with van der Waals surface area (Å²) in [6, 6.07) is 0. The van der Waals surface area contributed by atoms with Crippen LogP contribution in [0.5, 0.6) is 0 Å². The van der Waals surface area contributed by atoms with Gasteiger partial charge in [0.25, 0.3) is 6.09 Å². The predicted molar refractivity (Wildman–Crippen MR) is 60.1 cm³/mol. The van der Waals surface area contributed by atoms with E-state index >= 15 is 0 Å². The number of quaternary nitrogens is 1. The highest BCUT2D eigenvalue weighted by molar-refractivity contribution is 5.95. The number of ketones is 1. The van der Waals surface area contributed by atoms with E-state index in [0.29, 0.717) is 5.57 Å². The van der Waals surface area contributed by atoms with Gasteiger partial charge in [0.2, 0.25) is 0 Å². The molecule has 0 bridgehead atoms. The molecule has 0 aliphatic carbocycles. The van der Waals surface area contributed by atoms with Gasteiger partial charge in [-0.2, -0.15) is 0 Å². The number of carboxylic acid groups (broad SMARTS) is 1. The van der Waals surface area contributed by atoms with Gasteiger partial charge in [-0.25, -0.2) is 0 Å². The molecule has 0 saturated carbocycles. The molecule has 0 spiro atoms. The van der Waals surface area contributed by atoms with Gasteiger partial charge in [0.15, 0.2) is 5.78 Å². The molecule has 1 atom stereocenters. The summed E-state index contributed by atoms with van der Waals surface area (Å²) < 4.78 is -0.254. The Morgan fingerprint density at radius 1 is 1.35 bits per heavy atom.